The van der Waals surface area contributed by atoms with Crippen LogP contribution in [-0.2, 0) is 9.47 Å². The molecule has 0 saturated carbocycles. The highest BCUT2D eigenvalue weighted by molar-refractivity contribution is 7.10. The molecule has 1 aliphatic rings. The van der Waals surface area contributed by atoms with Crippen molar-refractivity contribution < 1.29 is 14.3 Å². The monoisotopic (exact) mass is 270 g/mol. The van der Waals surface area contributed by atoms with Gasteiger partial charge in [0, 0.05) is 6.61 Å². The van der Waals surface area contributed by atoms with Crippen molar-refractivity contribution in [3.05, 3.63) is 11.3 Å². The number of carbonyl (C=O) groups excluding carboxylic acids is 1. The van der Waals surface area contributed by atoms with E-state index in [9.17, 15) is 4.79 Å². The molecule has 1 aromatic heterocycles. The van der Waals surface area contributed by atoms with Crippen LogP contribution >= 0.6 is 11.5 Å². The number of anilines is 1. The van der Waals surface area contributed by atoms with Crippen molar-refractivity contribution in [2.75, 3.05) is 18.5 Å². The molecule has 1 aromatic rings. The molecule has 2 unspecified atom stereocenters. The van der Waals surface area contributed by atoms with Crippen LogP contribution in [0, 0.1) is 6.92 Å². The third-order valence-electron chi connectivity index (χ3n) is 3.04. The summed E-state index contributed by atoms with van der Waals surface area (Å²) in [5, 5.41) is 4.14. The van der Waals surface area contributed by atoms with Crippen LogP contribution < -0.4 is 5.32 Å². The van der Waals surface area contributed by atoms with Gasteiger partial charge < -0.3 is 14.8 Å². The number of esters is 1. The van der Waals surface area contributed by atoms with E-state index in [-0.39, 0.29) is 18.1 Å². The fraction of sp³-hybridized carbons (Fsp3) is 0.667. The lowest BCUT2D eigenvalue weighted by molar-refractivity contribution is 0.0526. The highest BCUT2D eigenvalue weighted by Crippen LogP contribution is 2.28. The Hall–Kier alpha value is -1.14. The molecule has 100 valence electrons. The van der Waals surface area contributed by atoms with Crippen molar-refractivity contribution in [2.45, 2.75) is 39.3 Å². The fourth-order valence-corrected chi connectivity index (χ4v) is 2.85. The highest BCUT2D eigenvalue weighted by Gasteiger charge is 2.27. The van der Waals surface area contributed by atoms with Crippen LogP contribution in [0.2, 0.25) is 0 Å². The summed E-state index contributed by atoms with van der Waals surface area (Å²) in [6.07, 6.45) is 1.10. The summed E-state index contributed by atoms with van der Waals surface area (Å²) in [6, 6.07) is 0.234. The van der Waals surface area contributed by atoms with E-state index < -0.39 is 0 Å². The van der Waals surface area contributed by atoms with Gasteiger partial charge in [-0.15, -0.1) is 0 Å². The van der Waals surface area contributed by atoms with Crippen LogP contribution in [0.5, 0.6) is 0 Å². The largest absolute Gasteiger partial charge is 0.462 e. The lowest BCUT2D eigenvalue weighted by Crippen LogP contribution is -2.27. The van der Waals surface area contributed by atoms with E-state index in [1.165, 1.54) is 11.5 Å². The van der Waals surface area contributed by atoms with Crippen LogP contribution in [0.1, 0.15) is 36.3 Å². The van der Waals surface area contributed by atoms with Crippen LogP contribution in [0.4, 0.5) is 5.00 Å². The van der Waals surface area contributed by atoms with Gasteiger partial charge in [0.05, 0.1) is 24.4 Å². The average Bonchev–Trinajstić information content (AvgIpc) is 2.88. The maximum absolute atomic E-state index is 11.9. The quantitative estimate of drug-likeness (QED) is 0.850. The molecule has 1 aliphatic heterocycles. The van der Waals surface area contributed by atoms with Crippen LogP contribution in [0.15, 0.2) is 0 Å². The molecule has 1 fully saturated rings. The van der Waals surface area contributed by atoms with E-state index >= 15 is 0 Å². The normalized spacial score (nSPS) is 23.1. The number of hydrogen-bond donors (Lipinski definition) is 1. The van der Waals surface area contributed by atoms with Gasteiger partial charge in [0.2, 0.25) is 0 Å². The lowest BCUT2D eigenvalue weighted by atomic mass is 10.1. The van der Waals surface area contributed by atoms with Crippen LogP contribution in [0.25, 0.3) is 0 Å². The number of nitrogens with one attached hydrogen (secondary N) is 1. The Bertz CT molecular complexity index is 433. The van der Waals surface area contributed by atoms with Crippen LogP contribution in [0.3, 0.4) is 0 Å². The van der Waals surface area contributed by atoms with Gasteiger partial charge in [-0.3, -0.25) is 0 Å². The number of ether oxygens (including phenoxy) is 2. The Morgan fingerprint density at radius 2 is 2.44 bits per heavy atom. The summed E-state index contributed by atoms with van der Waals surface area (Å²) in [6.45, 7) is 6.78. The summed E-state index contributed by atoms with van der Waals surface area (Å²) in [5.41, 5.74) is 1.27. The zero-order valence-electron chi connectivity index (χ0n) is 10.9. The predicted octanol–water partition coefficient (Wildman–Crippen LogP) is 2.22. The Balaban J connectivity index is 2.15. The minimum absolute atomic E-state index is 0.155. The summed E-state index contributed by atoms with van der Waals surface area (Å²) in [7, 11) is 0. The SMILES string of the molecule is CCOC(=O)c1c(C)nsc1NC1CCOC1C. The van der Waals surface area contributed by atoms with Crippen molar-refractivity contribution >= 4 is 22.5 Å². The maximum atomic E-state index is 11.9. The minimum atomic E-state index is -0.308. The molecular formula is C12H18N2O3S. The lowest BCUT2D eigenvalue weighted by Gasteiger charge is -2.16. The molecule has 6 heteroatoms. The van der Waals surface area contributed by atoms with Gasteiger partial charge in [-0.25, -0.2) is 4.79 Å². The van der Waals surface area contributed by atoms with Gasteiger partial charge in [0.15, 0.2) is 0 Å². The zero-order chi connectivity index (χ0) is 13.1. The molecule has 2 atom stereocenters. The molecule has 5 nitrogen and oxygen atoms in total. The third-order valence-corrected chi connectivity index (χ3v) is 3.90. The second-order valence-corrected chi connectivity index (χ2v) is 5.08. The van der Waals surface area contributed by atoms with Gasteiger partial charge in [-0.1, -0.05) is 0 Å². The first-order valence-electron chi connectivity index (χ1n) is 6.15. The van der Waals surface area contributed by atoms with Gasteiger partial charge in [-0.2, -0.15) is 4.37 Å². The molecule has 0 aromatic carbocycles. The molecule has 2 heterocycles. The summed E-state index contributed by atoms with van der Waals surface area (Å²) in [5.74, 6) is -0.308. The molecule has 0 amide bonds. The highest BCUT2D eigenvalue weighted by atomic mass is 32.1. The van der Waals surface area contributed by atoms with E-state index in [2.05, 4.69) is 9.69 Å². The molecule has 18 heavy (non-hydrogen) atoms. The molecule has 1 saturated heterocycles. The van der Waals surface area contributed by atoms with E-state index in [0.29, 0.717) is 17.9 Å². The second-order valence-electron chi connectivity index (χ2n) is 4.31. The Kier molecular flexibility index (Phi) is 4.19. The summed E-state index contributed by atoms with van der Waals surface area (Å²) < 4.78 is 14.8. The van der Waals surface area contributed by atoms with Crippen molar-refractivity contribution in [1.82, 2.24) is 4.37 Å². The smallest absolute Gasteiger partial charge is 0.343 e. The molecule has 0 bridgehead atoms. The van der Waals surface area contributed by atoms with E-state index in [1.54, 1.807) is 6.92 Å². The van der Waals surface area contributed by atoms with E-state index in [0.717, 1.165) is 18.0 Å². The van der Waals surface area contributed by atoms with E-state index in [1.807, 2.05) is 13.8 Å². The number of rotatable bonds is 4. The molecule has 0 spiro atoms. The zero-order valence-corrected chi connectivity index (χ0v) is 11.7. The second kappa shape index (κ2) is 5.67. The standard InChI is InChI=1S/C12H18N2O3S/c1-4-16-12(15)10-7(2)14-18-11(10)13-9-5-6-17-8(9)3/h8-9,13H,4-6H2,1-3H3. The minimum Gasteiger partial charge on any atom is -0.462 e. The van der Waals surface area contributed by atoms with Gasteiger partial charge in [-0.05, 0) is 38.7 Å². The Morgan fingerprint density at radius 1 is 1.67 bits per heavy atom. The number of hydrogen-bond acceptors (Lipinski definition) is 6. The van der Waals surface area contributed by atoms with Crippen molar-refractivity contribution in [2.24, 2.45) is 0 Å². The first-order valence-corrected chi connectivity index (χ1v) is 6.92. The Morgan fingerprint density at radius 3 is 3.06 bits per heavy atom. The Labute approximate surface area is 111 Å². The fourth-order valence-electron chi connectivity index (χ4n) is 2.00. The molecular weight excluding hydrogens is 252 g/mol. The number of aryl methyl sites for hydroxylation is 1. The predicted molar refractivity (Wildman–Crippen MR) is 70.2 cm³/mol. The maximum Gasteiger partial charge on any atom is 0.343 e. The third kappa shape index (κ3) is 2.64. The van der Waals surface area contributed by atoms with Gasteiger partial charge in [0.25, 0.3) is 0 Å². The van der Waals surface area contributed by atoms with Gasteiger partial charge >= 0.3 is 5.97 Å². The molecule has 0 aliphatic carbocycles. The molecule has 2 rings (SSSR count). The molecule has 1 N–H and O–H groups in total. The first kappa shape index (κ1) is 13.3. The first-order chi connectivity index (χ1) is 8.63. The average molecular weight is 270 g/mol. The summed E-state index contributed by atoms with van der Waals surface area (Å²) >= 11 is 1.30. The topological polar surface area (TPSA) is 60.5 Å². The molecule has 0 radical (unpaired) electrons. The van der Waals surface area contributed by atoms with Crippen LogP contribution in [-0.4, -0.2) is 35.7 Å². The number of nitrogens with zero attached hydrogens (tertiary/aromatic N) is 1. The number of aromatic nitrogens is 1. The van der Waals surface area contributed by atoms with Crippen molar-refractivity contribution in [3.63, 3.8) is 0 Å². The van der Waals surface area contributed by atoms with E-state index in [4.69, 9.17) is 9.47 Å². The van der Waals surface area contributed by atoms with Gasteiger partial charge in [0.1, 0.15) is 10.6 Å². The number of carbonyl (C=O) groups is 1. The van der Waals surface area contributed by atoms with Crippen molar-refractivity contribution in [3.8, 4) is 0 Å². The summed E-state index contributed by atoms with van der Waals surface area (Å²) in [4.78, 5) is 11.9. The van der Waals surface area contributed by atoms with Crippen molar-refractivity contribution in [1.29, 1.82) is 0 Å².